The summed E-state index contributed by atoms with van der Waals surface area (Å²) in [7, 11) is 0. The van der Waals surface area contributed by atoms with E-state index >= 15 is 0 Å². The molecule has 6 nitrogen and oxygen atoms in total. The van der Waals surface area contributed by atoms with Gasteiger partial charge in [-0.1, -0.05) is 17.7 Å². The number of rotatable bonds is 6. The lowest BCUT2D eigenvalue weighted by atomic mass is 10.2. The van der Waals surface area contributed by atoms with Gasteiger partial charge in [-0.05, 0) is 37.3 Å². The normalized spacial score (nSPS) is 10.5. The van der Waals surface area contributed by atoms with E-state index in [-0.39, 0.29) is 30.2 Å². The van der Waals surface area contributed by atoms with Gasteiger partial charge in [0, 0.05) is 16.8 Å². The van der Waals surface area contributed by atoms with Crippen LogP contribution in [0.15, 0.2) is 47.8 Å². The Morgan fingerprint density at radius 1 is 1.21 bits per heavy atom. The first-order valence-corrected chi connectivity index (χ1v) is 9.30. The van der Waals surface area contributed by atoms with E-state index in [9.17, 15) is 14.0 Å². The van der Waals surface area contributed by atoms with Crippen LogP contribution in [0.2, 0.25) is 0 Å². The molecular weight excluding hydrogens is 381 g/mol. The molecule has 1 amide bonds. The average molecular weight is 399 g/mol. The van der Waals surface area contributed by atoms with E-state index in [0.29, 0.717) is 10.7 Å². The molecule has 0 aliphatic carbocycles. The number of halogens is 1. The van der Waals surface area contributed by atoms with Crippen molar-refractivity contribution in [3.05, 3.63) is 75.5 Å². The van der Waals surface area contributed by atoms with Crippen molar-refractivity contribution < 1.29 is 18.7 Å². The fourth-order valence-electron chi connectivity index (χ4n) is 2.41. The predicted octanol–water partition coefficient (Wildman–Crippen LogP) is 3.71. The van der Waals surface area contributed by atoms with Crippen molar-refractivity contribution in [1.82, 2.24) is 4.98 Å². The topological polar surface area (TPSA) is 94.3 Å². The SMILES string of the molecule is Cc1ccc(NC(=O)Cc2nc(COC(=O)c3ccc(F)cc3N)cs2)cc1. The molecule has 0 aliphatic rings. The van der Waals surface area contributed by atoms with Crippen molar-refractivity contribution in [2.75, 3.05) is 11.1 Å². The summed E-state index contributed by atoms with van der Waals surface area (Å²) in [6, 6.07) is 11.0. The molecule has 0 saturated carbocycles. The van der Waals surface area contributed by atoms with Crippen LogP contribution in [0, 0.1) is 12.7 Å². The number of hydrogen-bond donors (Lipinski definition) is 2. The first-order chi connectivity index (χ1) is 13.4. The maximum atomic E-state index is 13.1. The van der Waals surface area contributed by atoms with E-state index in [0.717, 1.165) is 23.4 Å². The number of aryl methyl sites for hydroxylation is 1. The Morgan fingerprint density at radius 3 is 2.68 bits per heavy atom. The van der Waals surface area contributed by atoms with Crippen molar-refractivity contribution in [3.8, 4) is 0 Å². The van der Waals surface area contributed by atoms with Gasteiger partial charge in [0.2, 0.25) is 5.91 Å². The number of nitrogens with one attached hydrogen (secondary N) is 1. The second kappa shape index (κ2) is 8.62. The smallest absolute Gasteiger partial charge is 0.340 e. The minimum atomic E-state index is -0.663. The molecule has 0 aliphatic heterocycles. The maximum absolute atomic E-state index is 13.1. The Bertz CT molecular complexity index is 1000. The molecule has 0 spiro atoms. The van der Waals surface area contributed by atoms with Crippen LogP contribution in [0.3, 0.4) is 0 Å². The lowest BCUT2D eigenvalue weighted by Gasteiger charge is -2.06. The number of amides is 1. The zero-order valence-electron chi connectivity index (χ0n) is 15.1. The molecule has 3 rings (SSSR count). The monoisotopic (exact) mass is 399 g/mol. The van der Waals surface area contributed by atoms with Crippen LogP contribution in [0.1, 0.15) is 26.6 Å². The number of aromatic nitrogens is 1. The van der Waals surface area contributed by atoms with E-state index in [4.69, 9.17) is 10.5 Å². The summed E-state index contributed by atoms with van der Waals surface area (Å²) < 4.78 is 18.2. The zero-order chi connectivity index (χ0) is 20.1. The molecule has 0 atom stereocenters. The third-order valence-electron chi connectivity index (χ3n) is 3.83. The van der Waals surface area contributed by atoms with E-state index in [2.05, 4.69) is 10.3 Å². The lowest BCUT2D eigenvalue weighted by Crippen LogP contribution is -2.14. The van der Waals surface area contributed by atoms with Gasteiger partial charge >= 0.3 is 5.97 Å². The van der Waals surface area contributed by atoms with Crippen molar-refractivity contribution in [3.63, 3.8) is 0 Å². The first kappa shape index (κ1) is 19.5. The van der Waals surface area contributed by atoms with E-state index in [1.807, 2.05) is 31.2 Å². The summed E-state index contributed by atoms with van der Waals surface area (Å²) in [4.78, 5) is 28.5. The molecule has 1 aromatic heterocycles. The summed E-state index contributed by atoms with van der Waals surface area (Å²) in [5, 5.41) is 5.13. The minimum absolute atomic E-state index is 0.0109. The Labute approximate surface area is 165 Å². The molecule has 3 N–H and O–H groups in total. The van der Waals surface area contributed by atoms with Crippen LogP contribution >= 0.6 is 11.3 Å². The number of nitrogens with zero attached hydrogens (tertiary/aromatic N) is 1. The second-order valence-corrected chi connectivity index (χ2v) is 7.07. The molecule has 144 valence electrons. The highest BCUT2D eigenvalue weighted by molar-refractivity contribution is 7.09. The van der Waals surface area contributed by atoms with Crippen molar-refractivity contribution in [1.29, 1.82) is 0 Å². The molecular formula is C20H18FN3O3S. The van der Waals surface area contributed by atoms with Gasteiger partial charge in [0.05, 0.1) is 17.7 Å². The lowest BCUT2D eigenvalue weighted by molar-refractivity contribution is -0.115. The van der Waals surface area contributed by atoms with Crippen molar-refractivity contribution in [2.45, 2.75) is 20.0 Å². The van der Waals surface area contributed by atoms with E-state index in [1.165, 1.54) is 17.4 Å². The number of hydrogen-bond acceptors (Lipinski definition) is 6. The number of thiazole rings is 1. The largest absolute Gasteiger partial charge is 0.455 e. The van der Waals surface area contributed by atoms with Gasteiger partial charge in [-0.3, -0.25) is 4.79 Å². The number of carbonyl (C=O) groups is 2. The highest BCUT2D eigenvalue weighted by Gasteiger charge is 2.14. The Hall–Kier alpha value is -3.26. The second-order valence-electron chi connectivity index (χ2n) is 6.13. The molecule has 0 bridgehead atoms. The van der Waals surface area contributed by atoms with Crippen LogP contribution in [0.5, 0.6) is 0 Å². The van der Waals surface area contributed by atoms with Gasteiger partial charge in [0.25, 0.3) is 0 Å². The third kappa shape index (κ3) is 5.14. The number of nitrogens with two attached hydrogens (primary N) is 1. The predicted molar refractivity (Wildman–Crippen MR) is 106 cm³/mol. The molecule has 3 aromatic rings. The highest BCUT2D eigenvalue weighted by atomic mass is 32.1. The summed E-state index contributed by atoms with van der Waals surface area (Å²) in [6.45, 7) is 1.91. The maximum Gasteiger partial charge on any atom is 0.340 e. The Kier molecular flexibility index (Phi) is 6.00. The van der Waals surface area contributed by atoms with Gasteiger partial charge in [-0.15, -0.1) is 11.3 Å². The van der Waals surface area contributed by atoms with Gasteiger partial charge in [-0.2, -0.15) is 0 Å². The first-order valence-electron chi connectivity index (χ1n) is 8.42. The summed E-state index contributed by atoms with van der Waals surface area (Å²) in [6.07, 6.45) is 0.122. The van der Waals surface area contributed by atoms with E-state index < -0.39 is 11.8 Å². The molecule has 0 fully saturated rings. The van der Waals surface area contributed by atoms with E-state index in [1.54, 1.807) is 5.38 Å². The fraction of sp³-hybridized carbons (Fsp3) is 0.150. The average Bonchev–Trinajstić information content (AvgIpc) is 3.09. The Balaban J connectivity index is 1.53. The molecule has 2 aromatic carbocycles. The van der Waals surface area contributed by atoms with Crippen molar-refractivity contribution >= 4 is 34.6 Å². The summed E-state index contributed by atoms with van der Waals surface area (Å²) in [5.41, 5.74) is 8.08. The van der Waals surface area contributed by atoms with Gasteiger partial charge in [-0.25, -0.2) is 14.2 Å². The minimum Gasteiger partial charge on any atom is -0.455 e. The molecule has 0 unspecified atom stereocenters. The highest BCUT2D eigenvalue weighted by Crippen LogP contribution is 2.17. The summed E-state index contributed by atoms with van der Waals surface area (Å²) >= 11 is 1.31. The molecule has 0 saturated heterocycles. The number of anilines is 2. The number of esters is 1. The van der Waals surface area contributed by atoms with Gasteiger partial charge < -0.3 is 15.8 Å². The number of benzene rings is 2. The van der Waals surface area contributed by atoms with Crippen LogP contribution in [0.25, 0.3) is 0 Å². The molecule has 0 radical (unpaired) electrons. The third-order valence-corrected chi connectivity index (χ3v) is 4.73. The molecule has 28 heavy (non-hydrogen) atoms. The number of nitrogen functional groups attached to an aromatic ring is 1. The molecule has 1 heterocycles. The fourth-order valence-corrected chi connectivity index (χ4v) is 3.19. The van der Waals surface area contributed by atoms with Crippen molar-refractivity contribution in [2.24, 2.45) is 0 Å². The van der Waals surface area contributed by atoms with Crippen LogP contribution in [-0.4, -0.2) is 16.9 Å². The number of carbonyl (C=O) groups excluding carboxylic acids is 2. The van der Waals surface area contributed by atoms with Gasteiger partial charge in [0.1, 0.15) is 17.4 Å². The molecule has 8 heteroatoms. The Morgan fingerprint density at radius 2 is 1.96 bits per heavy atom. The standard InChI is InChI=1S/C20H18FN3O3S/c1-12-2-5-14(6-3-12)23-18(25)9-19-24-15(11-28-19)10-27-20(26)16-7-4-13(21)8-17(16)22/h2-8,11H,9-10,22H2,1H3,(H,23,25). The summed E-state index contributed by atoms with van der Waals surface area (Å²) in [5.74, 6) is -1.37. The van der Waals surface area contributed by atoms with Crippen LogP contribution in [-0.2, 0) is 22.6 Å². The quantitative estimate of drug-likeness (QED) is 0.487. The number of ether oxygens (including phenoxy) is 1. The zero-order valence-corrected chi connectivity index (χ0v) is 15.9. The van der Waals surface area contributed by atoms with Gasteiger partial charge in [0.15, 0.2) is 0 Å². The van der Waals surface area contributed by atoms with Crippen LogP contribution in [0.4, 0.5) is 15.8 Å². The van der Waals surface area contributed by atoms with Crippen LogP contribution < -0.4 is 11.1 Å².